The quantitative estimate of drug-likeness (QED) is 0.729. The molecule has 25 heavy (non-hydrogen) atoms. The van der Waals surface area contributed by atoms with E-state index < -0.39 is 0 Å². The smallest absolute Gasteiger partial charge is 0.253 e. The molecule has 2 amide bonds. The number of hydrogen-bond donors (Lipinski definition) is 2. The normalized spacial score (nSPS) is 11.6. The van der Waals surface area contributed by atoms with Crippen LogP contribution < -0.4 is 10.6 Å². The fraction of sp³-hybridized carbons (Fsp3) is 0.300. The van der Waals surface area contributed by atoms with Gasteiger partial charge >= 0.3 is 0 Å². The van der Waals surface area contributed by atoms with Crippen LogP contribution in [0.15, 0.2) is 53.4 Å². The second-order valence-corrected chi connectivity index (χ2v) is 7.03. The molecule has 4 nitrogen and oxygen atoms in total. The van der Waals surface area contributed by atoms with Gasteiger partial charge < -0.3 is 10.6 Å². The first-order chi connectivity index (χ1) is 12.0. The molecule has 0 aliphatic carbocycles. The third-order valence-corrected chi connectivity index (χ3v) is 4.84. The van der Waals surface area contributed by atoms with Crippen LogP contribution >= 0.6 is 11.8 Å². The zero-order valence-electron chi connectivity index (χ0n) is 14.8. The molecule has 0 bridgehead atoms. The van der Waals surface area contributed by atoms with Crippen molar-refractivity contribution < 1.29 is 9.59 Å². The Hall–Kier alpha value is -2.27. The molecule has 0 saturated heterocycles. The van der Waals surface area contributed by atoms with E-state index in [9.17, 15) is 9.59 Å². The number of carbonyl (C=O) groups is 2. The number of rotatable bonds is 7. The van der Waals surface area contributed by atoms with Crippen LogP contribution in [0, 0.1) is 6.92 Å². The highest BCUT2D eigenvalue weighted by atomic mass is 32.2. The molecule has 0 heterocycles. The van der Waals surface area contributed by atoms with Gasteiger partial charge in [0, 0.05) is 10.9 Å². The highest BCUT2D eigenvalue weighted by Crippen LogP contribution is 2.20. The molecule has 2 aromatic carbocycles. The van der Waals surface area contributed by atoms with Crippen molar-refractivity contribution >= 4 is 29.3 Å². The number of nitrogens with one attached hydrogen (secondary N) is 2. The first-order valence-corrected chi connectivity index (χ1v) is 9.37. The second kappa shape index (κ2) is 9.28. The monoisotopic (exact) mass is 356 g/mol. The molecule has 0 saturated carbocycles. The third-order valence-electron chi connectivity index (χ3n) is 3.83. The zero-order valence-corrected chi connectivity index (χ0v) is 15.7. The molecule has 2 rings (SSSR count). The van der Waals surface area contributed by atoms with Crippen molar-refractivity contribution in [3.63, 3.8) is 0 Å². The van der Waals surface area contributed by atoms with Crippen molar-refractivity contribution in [2.24, 2.45) is 0 Å². The summed E-state index contributed by atoms with van der Waals surface area (Å²) in [5.74, 6) is -0.00417. The minimum Gasteiger partial charge on any atom is -0.350 e. The number of hydrogen-bond acceptors (Lipinski definition) is 3. The van der Waals surface area contributed by atoms with E-state index in [1.807, 2.05) is 51.1 Å². The Labute approximate surface area is 153 Å². The van der Waals surface area contributed by atoms with Crippen molar-refractivity contribution in [2.45, 2.75) is 38.1 Å². The molecular weight excluding hydrogens is 332 g/mol. The topological polar surface area (TPSA) is 58.2 Å². The van der Waals surface area contributed by atoms with Crippen LogP contribution in [0.25, 0.3) is 0 Å². The van der Waals surface area contributed by atoms with Crippen LogP contribution in [0.2, 0.25) is 0 Å². The van der Waals surface area contributed by atoms with Crippen molar-refractivity contribution in [1.29, 1.82) is 0 Å². The predicted octanol–water partition coefficient (Wildman–Crippen LogP) is 4.25. The summed E-state index contributed by atoms with van der Waals surface area (Å²) in [5.41, 5.74) is 2.21. The molecule has 0 aliphatic heterocycles. The number of amides is 2. The van der Waals surface area contributed by atoms with Crippen LogP contribution in [-0.4, -0.2) is 23.6 Å². The Bertz CT molecular complexity index is 729. The lowest BCUT2D eigenvalue weighted by Crippen LogP contribution is -2.32. The maximum Gasteiger partial charge on any atom is 0.253 e. The van der Waals surface area contributed by atoms with Gasteiger partial charge in [-0.3, -0.25) is 9.59 Å². The third kappa shape index (κ3) is 5.94. The standard InChI is InChI=1S/C20H24N2O2S/c1-4-15(3)21-20(24)17-7-5-6-8-18(17)22-19(23)13-25-16-11-9-14(2)10-12-16/h5-12,15H,4,13H2,1-3H3,(H,21,24)(H,22,23)/t15-/m1/s1. The minimum atomic E-state index is -0.170. The zero-order chi connectivity index (χ0) is 18.2. The summed E-state index contributed by atoms with van der Waals surface area (Å²) in [6, 6.07) is 15.2. The maximum absolute atomic E-state index is 12.4. The Morgan fingerprint density at radius 2 is 1.76 bits per heavy atom. The molecule has 5 heteroatoms. The molecule has 0 spiro atoms. The number of anilines is 1. The fourth-order valence-corrected chi connectivity index (χ4v) is 2.86. The van der Waals surface area contributed by atoms with E-state index in [1.54, 1.807) is 18.2 Å². The molecule has 0 unspecified atom stereocenters. The molecular formula is C20H24N2O2S. The average molecular weight is 356 g/mol. The lowest BCUT2D eigenvalue weighted by Gasteiger charge is -2.14. The van der Waals surface area contributed by atoms with Gasteiger partial charge in [-0.1, -0.05) is 36.8 Å². The molecule has 132 valence electrons. The highest BCUT2D eigenvalue weighted by molar-refractivity contribution is 8.00. The molecule has 2 N–H and O–H groups in total. The number of para-hydroxylation sites is 1. The van der Waals surface area contributed by atoms with Crippen molar-refractivity contribution in [1.82, 2.24) is 5.32 Å². The SMILES string of the molecule is CC[C@@H](C)NC(=O)c1ccccc1NC(=O)CSc1ccc(C)cc1. The Kier molecular flexibility index (Phi) is 7.07. The van der Waals surface area contributed by atoms with Gasteiger partial charge in [-0.25, -0.2) is 0 Å². The second-order valence-electron chi connectivity index (χ2n) is 5.98. The summed E-state index contributed by atoms with van der Waals surface area (Å²) in [7, 11) is 0. The first kappa shape index (κ1) is 19.1. The minimum absolute atomic E-state index is 0.0911. The van der Waals surface area contributed by atoms with Crippen LogP contribution in [-0.2, 0) is 4.79 Å². The molecule has 0 aromatic heterocycles. The van der Waals surface area contributed by atoms with Crippen LogP contribution in [0.1, 0.15) is 36.2 Å². The number of aryl methyl sites for hydroxylation is 1. The van der Waals surface area contributed by atoms with E-state index in [1.165, 1.54) is 17.3 Å². The largest absolute Gasteiger partial charge is 0.350 e. The van der Waals surface area contributed by atoms with Gasteiger partial charge in [0.1, 0.15) is 0 Å². The van der Waals surface area contributed by atoms with Crippen molar-refractivity contribution in [3.8, 4) is 0 Å². The molecule has 1 atom stereocenters. The summed E-state index contributed by atoms with van der Waals surface area (Å²) in [6.45, 7) is 6.00. The van der Waals surface area contributed by atoms with Crippen LogP contribution in [0.4, 0.5) is 5.69 Å². The Morgan fingerprint density at radius 3 is 2.44 bits per heavy atom. The van der Waals surface area contributed by atoms with E-state index >= 15 is 0 Å². The molecule has 0 aliphatic rings. The van der Waals surface area contributed by atoms with Gasteiger partial charge in [-0.05, 0) is 44.5 Å². The fourth-order valence-electron chi connectivity index (χ4n) is 2.16. The van der Waals surface area contributed by atoms with E-state index in [0.717, 1.165) is 11.3 Å². The lowest BCUT2D eigenvalue weighted by molar-refractivity contribution is -0.113. The van der Waals surface area contributed by atoms with Gasteiger partial charge in [-0.15, -0.1) is 11.8 Å². The molecule has 0 radical (unpaired) electrons. The number of benzene rings is 2. The van der Waals surface area contributed by atoms with Crippen molar-refractivity contribution in [3.05, 3.63) is 59.7 Å². The number of carbonyl (C=O) groups excluding carboxylic acids is 2. The predicted molar refractivity (Wildman–Crippen MR) is 104 cm³/mol. The van der Waals surface area contributed by atoms with Gasteiger partial charge in [-0.2, -0.15) is 0 Å². The summed E-state index contributed by atoms with van der Waals surface area (Å²) in [6.07, 6.45) is 0.855. The highest BCUT2D eigenvalue weighted by Gasteiger charge is 2.14. The van der Waals surface area contributed by atoms with E-state index in [-0.39, 0.29) is 17.9 Å². The van der Waals surface area contributed by atoms with E-state index in [4.69, 9.17) is 0 Å². The summed E-state index contributed by atoms with van der Waals surface area (Å²) < 4.78 is 0. The van der Waals surface area contributed by atoms with Gasteiger partial charge in [0.05, 0.1) is 17.0 Å². The lowest BCUT2D eigenvalue weighted by atomic mass is 10.1. The Morgan fingerprint density at radius 1 is 1.08 bits per heavy atom. The summed E-state index contributed by atoms with van der Waals surface area (Å²) in [5, 5.41) is 5.77. The first-order valence-electron chi connectivity index (χ1n) is 8.38. The molecule has 2 aromatic rings. The van der Waals surface area contributed by atoms with E-state index in [2.05, 4.69) is 10.6 Å². The van der Waals surface area contributed by atoms with E-state index in [0.29, 0.717) is 17.0 Å². The number of thioether (sulfide) groups is 1. The summed E-state index contributed by atoms with van der Waals surface area (Å²) in [4.78, 5) is 25.6. The van der Waals surface area contributed by atoms with Gasteiger partial charge in [0.2, 0.25) is 5.91 Å². The summed E-state index contributed by atoms with van der Waals surface area (Å²) >= 11 is 1.47. The van der Waals surface area contributed by atoms with Gasteiger partial charge in [0.15, 0.2) is 0 Å². The van der Waals surface area contributed by atoms with Gasteiger partial charge in [0.25, 0.3) is 5.91 Å². The average Bonchev–Trinajstić information content (AvgIpc) is 2.61. The molecule has 0 fully saturated rings. The van der Waals surface area contributed by atoms with Crippen LogP contribution in [0.3, 0.4) is 0 Å². The van der Waals surface area contributed by atoms with Crippen LogP contribution in [0.5, 0.6) is 0 Å². The Balaban J connectivity index is 1.98. The van der Waals surface area contributed by atoms with Crippen molar-refractivity contribution in [2.75, 3.05) is 11.1 Å². The maximum atomic E-state index is 12.4.